The van der Waals surface area contributed by atoms with Crippen LogP contribution in [-0.4, -0.2) is 17.0 Å². The van der Waals surface area contributed by atoms with E-state index in [1.54, 1.807) is 10.6 Å². The first kappa shape index (κ1) is 18.3. The lowest BCUT2D eigenvalue weighted by Gasteiger charge is -2.27. The van der Waals surface area contributed by atoms with Crippen LogP contribution in [0.15, 0.2) is 79.1 Å². The van der Waals surface area contributed by atoms with E-state index in [9.17, 15) is 4.79 Å². The second kappa shape index (κ2) is 8.30. The average molecular weight is 370 g/mol. The zero-order valence-corrected chi connectivity index (χ0v) is 16.3. The molecule has 0 bridgehead atoms. The Morgan fingerprint density at radius 3 is 2.68 bits per heavy atom. The minimum absolute atomic E-state index is 0.0213. The van der Waals surface area contributed by atoms with Crippen molar-refractivity contribution in [1.29, 1.82) is 0 Å². The smallest absolute Gasteiger partial charge is 0.255 e. The van der Waals surface area contributed by atoms with Crippen LogP contribution in [-0.2, 0) is 0 Å². The van der Waals surface area contributed by atoms with Gasteiger partial charge >= 0.3 is 0 Å². The van der Waals surface area contributed by atoms with E-state index in [2.05, 4.69) is 42.3 Å². The van der Waals surface area contributed by atoms with E-state index in [0.717, 1.165) is 28.6 Å². The molecule has 0 saturated heterocycles. The van der Waals surface area contributed by atoms with E-state index in [1.165, 1.54) is 31.4 Å². The van der Waals surface area contributed by atoms with Crippen molar-refractivity contribution in [1.82, 2.24) is 4.57 Å². The molecule has 3 nitrogen and oxygen atoms in total. The summed E-state index contributed by atoms with van der Waals surface area (Å²) >= 11 is 0. The molecule has 0 saturated carbocycles. The fourth-order valence-corrected chi connectivity index (χ4v) is 3.82. The van der Waals surface area contributed by atoms with E-state index < -0.39 is 0 Å². The predicted octanol–water partition coefficient (Wildman–Crippen LogP) is 6.28. The van der Waals surface area contributed by atoms with Gasteiger partial charge in [0.05, 0.1) is 5.52 Å². The van der Waals surface area contributed by atoms with Gasteiger partial charge in [-0.2, -0.15) is 0 Å². The largest absolute Gasteiger partial charge is 0.347 e. The van der Waals surface area contributed by atoms with E-state index >= 15 is 0 Å². The number of nitrogens with zero attached hydrogens (tertiary/aromatic N) is 2. The van der Waals surface area contributed by atoms with E-state index in [1.807, 2.05) is 42.6 Å². The molecule has 0 fully saturated rings. The molecule has 0 N–H and O–H groups in total. The van der Waals surface area contributed by atoms with Crippen molar-refractivity contribution in [3.8, 4) is 0 Å². The lowest BCUT2D eigenvalue weighted by Crippen LogP contribution is -2.21. The zero-order valence-electron chi connectivity index (χ0n) is 16.3. The molecule has 1 aliphatic heterocycles. The number of fused-ring (bicyclic) bond motifs is 2. The number of benzene rings is 2. The number of hydrogen-bond acceptors (Lipinski definition) is 2. The molecule has 0 radical (unpaired) electrons. The van der Waals surface area contributed by atoms with Crippen molar-refractivity contribution < 1.29 is 4.79 Å². The lowest BCUT2D eigenvalue weighted by atomic mass is 9.99. The van der Waals surface area contributed by atoms with Crippen molar-refractivity contribution in [2.24, 2.45) is 0 Å². The van der Waals surface area contributed by atoms with Crippen molar-refractivity contribution in [2.45, 2.75) is 32.6 Å². The van der Waals surface area contributed by atoms with Crippen molar-refractivity contribution in [3.05, 3.63) is 84.7 Å². The van der Waals surface area contributed by atoms with Crippen LogP contribution < -0.4 is 4.90 Å². The number of rotatable bonds is 6. The summed E-state index contributed by atoms with van der Waals surface area (Å²) in [7, 11) is 0. The topological polar surface area (TPSA) is 25.2 Å². The molecule has 3 aromatic rings. The average Bonchev–Trinajstić information content (AvgIpc) is 3.17. The normalized spacial score (nSPS) is 14.6. The number of allylic oxidation sites excluding steroid dienone is 3. The number of unbranched alkanes of at least 4 members (excludes halogenated alkanes) is 3. The van der Waals surface area contributed by atoms with Gasteiger partial charge in [0, 0.05) is 41.7 Å². The van der Waals surface area contributed by atoms with Gasteiger partial charge < -0.3 is 4.90 Å². The third-order valence-electron chi connectivity index (χ3n) is 5.33. The minimum Gasteiger partial charge on any atom is -0.347 e. The Balaban J connectivity index is 1.61. The molecule has 0 unspecified atom stereocenters. The number of carbonyl (C=O) groups is 1. The summed E-state index contributed by atoms with van der Waals surface area (Å²) in [5.41, 5.74) is 4.20. The molecule has 0 spiro atoms. The standard InChI is InChI=1S/C25H26N2O/c1-2-3-4-9-16-26-17-14-21(22-11-6-8-13-24(22)26)19-25(28)27-18-15-20-10-5-7-12-23(20)27/h5-8,10-15,17-19H,2-4,9,16H2,1H3/b21-19+. The fourth-order valence-electron chi connectivity index (χ4n) is 3.82. The maximum atomic E-state index is 13.0. The van der Waals surface area contributed by atoms with Crippen molar-refractivity contribution in [3.63, 3.8) is 0 Å². The van der Waals surface area contributed by atoms with Crippen molar-refractivity contribution in [2.75, 3.05) is 11.4 Å². The highest BCUT2D eigenvalue weighted by Crippen LogP contribution is 2.33. The van der Waals surface area contributed by atoms with Gasteiger partial charge in [0.2, 0.25) is 0 Å². The summed E-state index contributed by atoms with van der Waals surface area (Å²) in [4.78, 5) is 15.3. The summed E-state index contributed by atoms with van der Waals surface area (Å²) in [5.74, 6) is -0.0213. The highest BCUT2D eigenvalue weighted by Gasteiger charge is 2.17. The Bertz CT molecular complexity index is 1040. The minimum atomic E-state index is -0.0213. The summed E-state index contributed by atoms with van der Waals surface area (Å²) in [6, 6.07) is 18.3. The molecule has 142 valence electrons. The van der Waals surface area contributed by atoms with Crippen LogP contribution in [0.25, 0.3) is 16.5 Å². The molecule has 3 heteroatoms. The lowest BCUT2D eigenvalue weighted by molar-refractivity contribution is 0.0974. The van der Waals surface area contributed by atoms with Crippen LogP contribution in [0.3, 0.4) is 0 Å². The molecule has 2 aromatic carbocycles. The maximum absolute atomic E-state index is 13.0. The Kier molecular flexibility index (Phi) is 5.43. The molecule has 1 aliphatic rings. The van der Waals surface area contributed by atoms with Crippen molar-refractivity contribution >= 4 is 28.1 Å². The number of aromatic nitrogens is 1. The first-order valence-corrected chi connectivity index (χ1v) is 10.1. The van der Waals surface area contributed by atoms with Crippen LogP contribution in [0.5, 0.6) is 0 Å². The Hall–Kier alpha value is -3.07. The summed E-state index contributed by atoms with van der Waals surface area (Å²) < 4.78 is 1.72. The molecule has 1 aromatic heterocycles. The SMILES string of the molecule is CCCCCCN1C=C/C(=C\C(=O)n2ccc3ccccc32)c2ccccc21. The number of hydrogen-bond donors (Lipinski definition) is 0. The van der Waals surface area contributed by atoms with Crippen LogP contribution >= 0.6 is 0 Å². The first-order valence-electron chi connectivity index (χ1n) is 10.1. The Morgan fingerprint density at radius 1 is 0.964 bits per heavy atom. The monoisotopic (exact) mass is 370 g/mol. The molecule has 28 heavy (non-hydrogen) atoms. The van der Waals surface area contributed by atoms with Crippen LogP contribution in [0.2, 0.25) is 0 Å². The molecular formula is C25H26N2O. The van der Waals surface area contributed by atoms with E-state index in [0.29, 0.717) is 0 Å². The van der Waals surface area contributed by atoms with Gasteiger partial charge in [0.1, 0.15) is 0 Å². The van der Waals surface area contributed by atoms with Gasteiger partial charge in [0.25, 0.3) is 5.91 Å². The van der Waals surface area contributed by atoms with E-state index in [-0.39, 0.29) is 5.91 Å². The molecule has 0 amide bonds. The summed E-state index contributed by atoms with van der Waals surface area (Å²) in [6.45, 7) is 3.25. The molecular weight excluding hydrogens is 344 g/mol. The summed E-state index contributed by atoms with van der Waals surface area (Å²) in [6.07, 6.45) is 12.7. The zero-order chi connectivity index (χ0) is 19.3. The maximum Gasteiger partial charge on any atom is 0.255 e. The van der Waals surface area contributed by atoms with E-state index in [4.69, 9.17) is 0 Å². The van der Waals surface area contributed by atoms with Gasteiger partial charge in [-0.1, -0.05) is 62.6 Å². The van der Waals surface area contributed by atoms with Gasteiger partial charge in [-0.15, -0.1) is 0 Å². The molecule has 2 heterocycles. The fraction of sp³-hybridized carbons (Fsp3) is 0.240. The molecule has 0 aliphatic carbocycles. The van der Waals surface area contributed by atoms with Crippen LogP contribution in [0.1, 0.15) is 43.0 Å². The third-order valence-corrected chi connectivity index (χ3v) is 5.33. The predicted molar refractivity (Wildman–Crippen MR) is 118 cm³/mol. The highest BCUT2D eigenvalue weighted by molar-refractivity contribution is 6.05. The Morgan fingerprint density at radius 2 is 1.79 bits per heavy atom. The van der Waals surface area contributed by atoms with Crippen LogP contribution in [0.4, 0.5) is 5.69 Å². The summed E-state index contributed by atoms with van der Waals surface area (Å²) in [5, 5.41) is 1.08. The Labute approximate surface area is 166 Å². The quantitative estimate of drug-likeness (QED) is 0.377. The molecule has 4 rings (SSSR count). The van der Waals surface area contributed by atoms with Gasteiger partial charge in [-0.3, -0.25) is 9.36 Å². The van der Waals surface area contributed by atoms with Crippen LogP contribution in [0, 0.1) is 0 Å². The van der Waals surface area contributed by atoms with Gasteiger partial charge in [0.15, 0.2) is 0 Å². The first-order chi connectivity index (χ1) is 13.8. The third kappa shape index (κ3) is 3.65. The van der Waals surface area contributed by atoms with Gasteiger partial charge in [-0.25, -0.2) is 0 Å². The second-order valence-electron chi connectivity index (χ2n) is 7.27. The second-order valence-corrected chi connectivity index (χ2v) is 7.27. The van der Waals surface area contributed by atoms with Gasteiger partial charge in [-0.05, 0) is 36.3 Å². The number of para-hydroxylation sites is 2. The number of anilines is 1. The molecule has 0 atom stereocenters. The number of carbonyl (C=O) groups excluding carboxylic acids is 1. The highest BCUT2D eigenvalue weighted by atomic mass is 16.1.